The second-order valence-electron chi connectivity index (χ2n) is 6.69. The predicted octanol–water partition coefficient (Wildman–Crippen LogP) is 2.44. The molecule has 1 amide bonds. The van der Waals surface area contributed by atoms with Gasteiger partial charge in [0.2, 0.25) is 0 Å². The Hall–Kier alpha value is -2.45. The summed E-state index contributed by atoms with van der Waals surface area (Å²) in [7, 11) is -3.08. The molecule has 148 valence electrons. The van der Waals surface area contributed by atoms with Crippen molar-refractivity contribution in [2.24, 2.45) is 0 Å². The monoisotopic (exact) mass is 419 g/mol. The number of thiophene rings is 1. The van der Waals surface area contributed by atoms with Gasteiger partial charge in [-0.25, -0.2) is 13.2 Å². The molecular formula is C20H21NO5S2. The number of benzene rings is 1. The Morgan fingerprint density at radius 3 is 2.75 bits per heavy atom. The molecule has 2 aromatic rings. The van der Waals surface area contributed by atoms with Crippen molar-refractivity contribution in [3.8, 4) is 0 Å². The lowest BCUT2D eigenvalue weighted by molar-refractivity contribution is -0.143. The Balaban J connectivity index is 1.66. The van der Waals surface area contributed by atoms with Gasteiger partial charge in [0.15, 0.2) is 16.4 Å². The normalized spacial score (nSPS) is 18.6. The van der Waals surface area contributed by atoms with Gasteiger partial charge in [0.05, 0.1) is 17.1 Å². The molecule has 1 aromatic heterocycles. The third-order valence-corrected chi connectivity index (χ3v) is 6.96. The minimum atomic E-state index is -3.08. The van der Waals surface area contributed by atoms with Crippen LogP contribution in [0.1, 0.15) is 22.4 Å². The highest BCUT2D eigenvalue weighted by Crippen LogP contribution is 2.24. The molecule has 6 nitrogen and oxygen atoms in total. The average Bonchev–Trinajstić information content (AvgIpc) is 3.27. The maximum absolute atomic E-state index is 12.6. The number of aryl methyl sites for hydroxylation is 1. The van der Waals surface area contributed by atoms with Gasteiger partial charge >= 0.3 is 5.97 Å². The molecule has 8 heteroatoms. The summed E-state index contributed by atoms with van der Waals surface area (Å²) in [5.74, 6) is -1.10. The van der Waals surface area contributed by atoms with Crippen molar-refractivity contribution < 1.29 is 22.7 Å². The van der Waals surface area contributed by atoms with E-state index in [1.165, 1.54) is 11.3 Å². The van der Waals surface area contributed by atoms with Crippen LogP contribution in [0.3, 0.4) is 0 Å². The Labute approximate surface area is 168 Å². The number of carbonyl (C=O) groups is 2. The fraction of sp³-hybridized carbons (Fsp3) is 0.300. The minimum absolute atomic E-state index is 0.0689. The maximum atomic E-state index is 12.6. The molecule has 1 atom stereocenters. The van der Waals surface area contributed by atoms with E-state index in [2.05, 4.69) is 5.32 Å². The summed E-state index contributed by atoms with van der Waals surface area (Å²) in [6.45, 7) is 1.51. The van der Waals surface area contributed by atoms with E-state index in [1.54, 1.807) is 6.08 Å². The van der Waals surface area contributed by atoms with Crippen LogP contribution in [0.15, 0.2) is 41.8 Å². The predicted molar refractivity (Wildman–Crippen MR) is 110 cm³/mol. The molecule has 0 unspecified atom stereocenters. The van der Waals surface area contributed by atoms with Gasteiger partial charge in [-0.2, -0.15) is 0 Å². The molecule has 1 aliphatic heterocycles. The zero-order valence-electron chi connectivity index (χ0n) is 15.4. The summed E-state index contributed by atoms with van der Waals surface area (Å²) < 4.78 is 28.1. The van der Waals surface area contributed by atoms with Crippen molar-refractivity contribution in [1.29, 1.82) is 0 Å². The van der Waals surface area contributed by atoms with Gasteiger partial charge in [-0.3, -0.25) is 4.79 Å². The molecule has 1 aliphatic rings. The first-order chi connectivity index (χ1) is 13.3. The van der Waals surface area contributed by atoms with E-state index in [4.69, 9.17) is 4.74 Å². The van der Waals surface area contributed by atoms with Gasteiger partial charge < -0.3 is 10.1 Å². The zero-order valence-corrected chi connectivity index (χ0v) is 17.0. The fourth-order valence-electron chi connectivity index (χ4n) is 2.98. The number of ether oxygens (including phenoxy) is 1. The number of hydrogen-bond donors (Lipinski definition) is 1. The van der Waals surface area contributed by atoms with E-state index in [0.717, 1.165) is 16.0 Å². The highest BCUT2D eigenvalue weighted by atomic mass is 32.2. The molecule has 0 saturated carbocycles. The zero-order chi connectivity index (χ0) is 20.1. The molecule has 0 bridgehead atoms. The SMILES string of the molecule is Cc1cccc(/C=C(/C(=O)OCC(=O)N[C@H]2CCS(=O)(=O)C2)c2cccs2)c1. The number of esters is 1. The number of nitrogens with one attached hydrogen (secondary N) is 1. The van der Waals surface area contributed by atoms with Gasteiger partial charge in [-0.1, -0.05) is 35.9 Å². The van der Waals surface area contributed by atoms with Gasteiger partial charge in [-0.05, 0) is 36.4 Å². The smallest absolute Gasteiger partial charge is 0.340 e. The van der Waals surface area contributed by atoms with E-state index >= 15 is 0 Å². The van der Waals surface area contributed by atoms with Crippen molar-refractivity contribution in [3.63, 3.8) is 0 Å². The highest BCUT2D eigenvalue weighted by molar-refractivity contribution is 7.91. The lowest BCUT2D eigenvalue weighted by Gasteiger charge is -2.12. The second-order valence-corrected chi connectivity index (χ2v) is 9.87. The number of sulfone groups is 1. The molecular weight excluding hydrogens is 398 g/mol. The molecule has 2 heterocycles. The Kier molecular flexibility index (Phi) is 6.31. The van der Waals surface area contributed by atoms with E-state index < -0.39 is 34.4 Å². The van der Waals surface area contributed by atoms with Crippen molar-refractivity contribution >= 4 is 44.7 Å². The van der Waals surface area contributed by atoms with Crippen LogP contribution >= 0.6 is 11.3 Å². The minimum Gasteiger partial charge on any atom is -0.452 e. The van der Waals surface area contributed by atoms with Crippen LogP contribution in [0.25, 0.3) is 11.6 Å². The first kappa shape index (κ1) is 20.3. The number of rotatable bonds is 6. The summed E-state index contributed by atoms with van der Waals surface area (Å²) in [4.78, 5) is 25.4. The van der Waals surface area contributed by atoms with Gasteiger partial charge in [0.1, 0.15) is 0 Å². The van der Waals surface area contributed by atoms with E-state index in [-0.39, 0.29) is 11.5 Å². The van der Waals surface area contributed by atoms with Crippen LogP contribution in [0, 0.1) is 6.92 Å². The Morgan fingerprint density at radius 2 is 2.11 bits per heavy atom. The van der Waals surface area contributed by atoms with Crippen molar-refractivity contribution in [3.05, 3.63) is 57.8 Å². The van der Waals surface area contributed by atoms with E-state index in [1.807, 2.05) is 48.7 Å². The molecule has 0 radical (unpaired) electrons. The molecule has 0 aliphatic carbocycles. The number of amides is 1. The van der Waals surface area contributed by atoms with Crippen molar-refractivity contribution in [2.45, 2.75) is 19.4 Å². The highest BCUT2D eigenvalue weighted by Gasteiger charge is 2.29. The molecule has 28 heavy (non-hydrogen) atoms. The van der Waals surface area contributed by atoms with Gasteiger partial charge in [0.25, 0.3) is 5.91 Å². The van der Waals surface area contributed by atoms with Gasteiger partial charge in [0, 0.05) is 10.9 Å². The Bertz CT molecular complexity index is 993. The molecule has 1 saturated heterocycles. The van der Waals surface area contributed by atoms with E-state index in [9.17, 15) is 18.0 Å². The van der Waals surface area contributed by atoms with Crippen molar-refractivity contribution in [1.82, 2.24) is 5.32 Å². The molecule has 1 fully saturated rings. The Morgan fingerprint density at radius 1 is 1.29 bits per heavy atom. The van der Waals surface area contributed by atoms with Crippen molar-refractivity contribution in [2.75, 3.05) is 18.1 Å². The summed E-state index contributed by atoms with van der Waals surface area (Å²) >= 11 is 1.41. The van der Waals surface area contributed by atoms with Crippen LogP contribution in [0.2, 0.25) is 0 Å². The largest absolute Gasteiger partial charge is 0.452 e. The fourth-order valence-corrected chi connectivity index (χ4v) is 5.38. The van der Waals surface area contributed by atoms with E-state index in [0.29, 0.717) is 12.0 Å². The standard InChI is InChI=1S/C20H21NO5S2/c1-14-4-2-5-15(10-14)11-17(18-6-3-8-27-18)20(23)26-12-19(22)21-16-7-9-28(24,25)13-16/h2-6,8,10-11,16H,7,9,12-13H2,1H3,(H,21,22)/b17-11+/t16-/m0/s1. The third-order valence-electron chi connectivity index (χ3n) is 4.29. The van der Waals surface area contributed by atoms with Crippen LogP contribution in [0.4, 0.5) is 0 Å². The molecule has 0 spiro atoms. The first-order valence-electron chi connectivity index (χ1n) is 8.81. The number of carbonyl (C=O) groups excluding carboxylic acids is 2. The average molecular weight is 420 g/mol. The summed E-state index contributed by atoms with van der Waals surface area (Å²) in [6, 6.07) is 10.9. The topological polar surface area (TPSA) is 89.5 Å². The van der Waals surface area contributed by atoms with Crippen LogP contribution in [-0.2, 0) is 24.2 Å². The molecule has 1 N–H and O–H groups in total. The lowest BCUT2D eigenvalue weighted by atomic mass is 10.1. The summed E-state index contributed by atoms with van der Waals surface area (Å²) in [6.07, 6.45) is 2.12. The molecule has 3 rings (SSSR count). The van der Waals surface area contributed by atoms with Crippen LogP contribution < -0.4 is 5.32 Å². The second kappa shape index (κ2) is 8.70. The van der Waals surface area contributed by atoms with Crippen LogP contribution in [-0.4, -0.2) is 44.4 Å². The lowest BCUT2D eigenvalue weighted by Crippen LogP contribution is -2.38. The van der Waals surface area contributed by atoms with Gasteiger partial charge in [-0.15, -0.1) is 11.3 Å². The van der Waals surface area contributed by atoms with Crippen LogP contribution in [0.5, 0.6) is 0 Å². The third kappa shape index (κ3) is 5.53. The summed E-state index contributed by atoms with van der Waals surface area (Å²) in [5, 5.41) is 4.47. The number of hydrogen-bond acceptors (Lipinski definition) is 6. The first-order valence-corrected chi connectivity index (χ1v) is 11.5. The molecule has 1 aromatic carbocycles. The maximum Gasteiger partial charge on any atom is 0.340 e. The quantitative estimate of drug-likeness (QED) is 0.574. The summed E-state index contributed by atoms with van der Waals surface area (Å²) in [5.41, 5.74) is 2.30.